The number of fused-ring (bicyclic) bond motifs is 3. The Kier molecular flexibility index (Phi) is 6.28. The number of aryl methyl sites for hydroxylation is 3. The second kappa shape index (κ2) is 9.10. The highest BCUT2D eigenvalue weighted by Gasteiger charge is 2.31. The van der Waals surface area contributed by atoms with Crippen LogP contribution in [0.25, 0.3) is 11.0 Å². The Hall–Kier alpha value is -2.86. The second-order valence-electron chi connectivity index (χ2n) is 8.63. The SMILES string of the molecule is COC(=O)N1c2ccc3c(nc(CCc4ccccc4)n3CCN(C)C)c2CC[C@@H]1C. The number of rotatable bonds is 6. The number of carbonyl (C=O) groups excluding carboxylic acids is 1. The van der Waals surface area contributed by atoms with E-state index in [0.717, 1.165) is 66.9 Å². The first kappa shape index (κ1) is 21.4. The number of ether oxygens (including phenoxy) is 1. The van der Waals surface area contributed by atoms with E-state index in [1.54, 1.807) is 4.90 Å². The van der Waals surface area contributed by atoms with Crippen LogP contribution in [0.2, 0.25) is 0 Å². The zero-order chi connectivity index (χ0) is 22.0. The largest absolute Gasteiger partial charge is 0.452 e. The zero-order valence-corrected chi connectivity index (χ0v) is 19.0. The van der Waals surface area contributed by atoms with E-state index in [0.29, 0.717) is 0 Å². The van der Waals surface area contributed by atoms with Crippen molar-refractivity contribution in [2.75, 3.05) is 32.6 Å². The molecule has 2 aromatic carbocycles. The first-order valence-electron chi connectivity index (χ1n) is 11.1. The maximum atomic E-state index is 12.5. The van der Waals surface area contributed by atoms with Crippen molar-refractivity contribution in [1.29, 1.82) is 0 Å². The Morgan fingerprint density at radius 3 is 2.65 bits per heavy atom. The minimum Gasteiger partial charge on any atom is -0.452 e. The van der Waals surface area contributed by atoms with Crippen LogP contribution in [-0.2, 0) is 30.5 Å². The third-order valence-corrected chi connectivity index (χ3v) is 6.21. The first-order chi connectivity index (χ1) is 15.0. The Morgan fingerprint density at radius 2 is 1.94 bits per heavy atom. The second-order valence-corrected chi connectivity index (χ2v) is 8.63. The molecule has 0 bridgehead atoms. The predicted octanol–water partition coefficient (Wildman–Crippen LogP) is 4.29. The van der Waals surface area contributed by atoms with Gasteiger partial charge in [-0.15, -0.1) is 0 Å². The molecule has 1 aliphatic heterocycles. The first-order valence-corrected chi connectivity index (χ1v) is 11.1. The van der Waals surface area contributed by atoms with Crippen molar-refractivity contribution in [2.45, 2.75) is 45.2 Å². The lowest BCUT2D eigenvalue weighted by Gasteiger charge is -2.34. The third-order valence-electron chi connectivity index (χ3n) is 6.21. The number of aromatic nitrogens is 2. The van der Waals surface area contributed by atoms with Crippen molar-refractivity contribution in [1.82, 2.24) is 14.5 Å². The highest BCUT2D eigenvalue weighted by atomic mass is 16.5. The quantitative estimate of drug-likeness (QED) is 0.597. The van der Waals surface area contributed by atoms with Crippen molar-refractivity contribution in [2.24, 2.45) is 0 Å². The topological polar surface area (TPSA) is 50.6 Å². The summed E-state index contributed by atoms with van der Waals surface area (Å²) in [6.45, 7) is 3.92. The van der Waals surface area contributed by atoms with E-state index in [1.165, 1.54) is 12.7 Å². The number of amides is 1. The molecule has 6 nitrogen and oxygen atoms in total. The molecule has 6 heteroatoms. The maximum Gasteiger partial charge on any atom is 0.414 e. The van der Waals surface area contributed by atoms with Gasteiger partial charge in [-0.05, 0) is 58.0 Å². The fraction of sp³-hybridized carbons (Fsp3) is 0.440. The van der Waals surface area contributed by atoms with Crippen molar-refractivity contribution >= 4 is 22.8 Å². The van der Waals surface area contributed by atoms with E-state index >= 15 is 0 Å². The van der Waals surface area contributed by atoms with Gasteiger partial charge >= 0.3 is 6.09 Å². The summed E-state index contributed by atoms with van der Waals surface area (Å²) < 4.78 is 7.43. The van der Waals surface area contributed by atoms with Crippen LogP contribution in [0.4, 0.5) is 10.5 Å². The zero-order valence-electron chi connectivity index (χ0n) is 19.0. The molecular formula is C25H32N4O2. The Balaban J connectivity index is 1.76. The van der Waals surface area contributed by atoms with E-state index in [2.05, 4.69) is 73.0 Å². The summed E-state index contributed by atoms with van der Waals surface area (Å²) in [6, 6.07) is 14.9. The van der Waals surface area contributed by atoms with Crippen LogP contribution in [-0.4, -0.2) is 54.3 Å². The van der Waals surface area contributed by atoms with E-state index in [1.807, 2.05) is 0 Å². The van der Waals surface area contributed by atoms with Crippen LogP contribution in [0.5, 0.6) is 0 Å². The Bertz CT molecular complexity index is 1060. The van der Waals surface area contributed by atoms with Crippen molar-refractivity contribution in [3.05, 3.63) is 59.4 Å². The van der Waals surface area contributed by atoms with Gasteiger partial charge in [0.2, 0.25) is 0 Å². The van der Waals surface area contributed by atoms with Crippen molar-refractivity contribution < 1.29 is 9.53 Å². The van der Waals surface area contributed by atoms with Gasteiger partial charge in [-0.25, -0.2) is 9.78 Å². The van der Waals surface area contributed by atoms with Gasteiger partial charge in [0.05, 0.1) is 23.8 Å². The third kappa shape index (κ3) is 4.30. The van der Waals surface area contributed by atoms with Gasteiger partial charge in [-0.1, -0.05) is 30.3 Å². The molecule has 4 rings (SSSR count). The van der Waals surface area contributed by atoms with Crippen LogP contribution >= 0.6 is 0 Å². The number of likely N-dealkylation sites (N-methyl/N-ethyl adjacent to an activating group) is 1. The molecule has 1 atom stereocenters. The molecule has 0 unspecified atom stereocenters. The molecule has 2 heterocycles. The molecule has 1 aromatic heterocycles. The minimum atomic E-state index is -0.302. The summed E-state index contributed by atoms with van der Waals surface area (Å²) >= 11 is 0. The van der Waals surface area contributed by atoms with Gasteiger partial charge in [0.1, 0.15) is 5.82 Å². The van der Waals surface area contributed by atoms with Gasteiger partial charge in [-0.3, -0.25) is 4.90 Å². The smallest absolute Gasteiger partial charge is 0.414 e. The summed E-state index contributed by atoms with van der Waals surface area (Å²) in [5.74, 6) is 1.11. The molecular weight excluding hydrogens is 388 g/mol. The average molecular weight is 421 g/mol. The van der Waals surface area contributed by atoms with Crippen LogP contribution in [0.15, 0.2) is 42.5 Å². The van der Waals surface area contributed by atoms with E-state index in [4.69, 9.17) is 9.72 Å². The fourth-order valence-corrected chi connectivity index (χ4v) is 4.49. The number of nitrogens with zero attached hydrogens (tertiary/aromatic N) is 4. The maximum absolute atomic E-state index is 12.5. The molecule has 0 aliphatic carbocycles. The summed E-state index contributed by atoms with van der Waals surface area (Å²) in [5, 5.41) is 0. The average Bonchev–Trinajstić information content (AvgIpc) is 3.14. The molecule has 0 radical (unpaired) electrons. The molecule has 0 saturated carbocycles. The number of carbonyl (C=O) groups is 1. The standard InChI is InChI=1S/C25H32N4O2/c1-18-10-12-20-21(29(18)25(30)31-4)13-14-22-24(20)26-23(28(22)17-16-27(2)3)15-11-19-8-6-5-7-9-19/h5-9,13-14,18H,10-12,15-17H2,1-4H3/t18-/m0/s1. The predicted molar refractivity (Wildman–Crippen MR) is 125 cm³/mol. The lowest BCUT2D eigenvalue weighted by Crippen LogP contribution is -2.42. The lowest BCUT2D eigenvalue weighted by molar-refractivity contribution is 0.175. The molecule has 0 spiro atoms. The Labute approximate surface area is 184 Å². The van der Waals surface area contributed by atoms with E-state index < -0.39 is 0 Å². The molecule has 3 aromatic rings. The lowest BCUT2D eigenvalue weighted by atomic mass is 9.96. The number of anilines is 1. The van der Waals surface area contributed by atoms with Crippen LogP contribution in [0.3, 0.4) is 0 Å². The number of benzene rings is 2. The van der Waals surface area contributed by atoms with Gasteiger partial charge in [0.15, 0.2) is 0 Å². The number of imidazole rings is 1. The van der Waals surface area contributed by atoms with Gasteiger partial charge < -0.3 is 14.2 Å². The summed E-state index contributed by atoms with van der Waals surface area (Å²) in [4.78, 5) is 21.6. The molecule has 1 amide bonds. The normalized spacial score (nSPS) is 16.0. The van der Waals surface area contributed by atoms with Crippen molar-refractivity contribution in [3.63, 3.8) is 0 Å². The van der Waals surface area contributed by atoms with E-state index in [-0.39, 0.29) is 12.1 Å². The minimum absolute atomic E-state index is 0.116. The molecule has 0 saturated heterocycles. The Morgan fingerprint density at radius 1 is 1.16 bits per heavy atom. The molecule has 164 valence electrons. The molecule has 1 aliphatic rings. The highest BCUT2D eigenvalue weighted by Crippen LogP contribution is 2.36. The van der Waals surface area contributed by atoms with Crippen LogP contribution in [0, 0.1) is 0 Å². The van der Waals surface area contributed by atoms with Gasteiger partial charge in [0, 0.05) is 31.1 Å². The van der Waals surface area contributed by atoms with Crippen molar-refractivity contribution in [3.8, 4) is 0 Å². The van der Waals surface area contributed by atoms with Crippen LogP contribution < -0.4 is 4.90 Å². The fourth-order valence-electron chi connectivity index (χ4n) is 4.49. The molecule has 31 heavy (non-hydrogen) atoms. The summed E-state index contributed by atoms with van der Waals surface area (Å²) in [7, 11) is 5.64. The van der Waals surface area contributed by atoms with Gasteiger partial charge in [0.25, 0.3) is 0 Å². The number of hydrogen-bond acceptors (Lipinski definition) is 4. The molecule has 0 fully saturated rings. The van der Waals surface area contributed by atoms with Crippen LogP contribution in [0.1, 0.15) is 30.3 Å². The number of methoxy groups -OCH3 is 1. The monoisotopic (exact) mass is 420 g/mol. The summed E-state index contributed by atoms with van der Waals surface area (Å²) in [6.07, 6.45) is 3.37. The van der Waals surface area contributed by atoms with E-state index in [9.17, 15) is 4.79 Å². The summed E-state index contributed by atoms with van der Waals surface area (Å²) in [5.41, 5.74) is 5.60. The molecule has 0 N–H and O–H groups in total. The number of hydrogen-bond donors (Lipinski definition) is 0. The highest BCUT2D eigenvalue weighted by molar-refractivity contribution is 5.95. The van der Waals surface area contributed by atoms with Gasteiger partial charge in [-0.2, -0.15) is 0 Å².